The van der Waals surface area contributed by atoms with Gasteiger partial charge in [-0.1, -0.05) is 5.16 Å². The molecule has 1 atom stereocenters. The van der Waals surface area contributed by atoms with E-state index in [-0.39, 0.29) is 6.10 Å². The molecular formula is C13H19N3O2S. The van der Waals surface area contributed by atoms with Crippen LogP contribution in [-0.4, -0.2) is 28.7 Å². The lowest BCUT2D eigenvalue weighted by Gasteiger charge is -2.12. The molecule has 2 aromatic heterocycles. The van der Waals surface area contributed by atoms with Gasteiger partial charge < -0.3 is 9.26 Å². The first-order valence-electron chi connectivity index (χ1n) is 6.33. The van der Waals surface area contributed by atoms with Crippen LogP contribution in [-0.2, 0) is 17.8 Å². The van der Waals surface area contributed by atoms with Gasteiger partial charge in [0.2, 0.25) is 0 Å². The van der Waals surface area contributed by atoms with Gasteiger partial charge in [0.1, 0.15) is 11.1 Å². The van der Waals surface area contributed by atoms with Gasteiger partial charge in [-0.25, -0.2) is 4.98 Å². The van der Waals surface area contributed by atoms with Gasteiger partial charge >= 0.3 is 0 Å². The second kappa shape index (κ2) is 6.79. The molecule has 0 N–H and O–H groups in total. The molecule has 104 valence electrons. The van der Waals surface area contributed by atoms with E-state index in [9.17, 15) is 0 Å². The highest BCUT2D eigenvalue weighted by Gasteiger charge is 2.12. The Labute approximate surface area is 117 Å². The topological polar surface area (TPSA) is 51.4 Å². The van der Waals surface area contributed by atoms with Gasteiger partial charge in [0.25, 0.3) is 0 Å². The number of rotatable bonds is 7. The predicted octanol–water partition coefficient (Wildman–Crippen LogP) is 2.86. The molecular weight excluding hydrogens is 262 g/mol. The van der Waals surface area contributed by atoms with E-state index in [4.69, 9.17) is 9.26 Å². The first kappa shape index (κ1) is 14.2. The summed E-state index contributed by atoms with van der Waals surface area (Å²) in [6.07, 6.45) is 1.73. The maximum atomic E-state index is 5.54. The van der Waals surface area contributed by atoms with Gasteiger partial charge in [0.05, 0.1) is 18.4 Å². The van der Waals surface area contributed by atoms with E-state index in [1.165, 1.54) is 0 Å². The van der Waals surface area contributed by atoms with E-state index in [1.807, 2.05) is 27.0 Å². The number of thiazole rings is 1. The second-order valence-corrected chi connectivity index (χ2v) is 5.32. The van der Waals surface area contributed by atoms with Crippen molar-refractivity contribution in [1.82, 2.24) is 15.0 Å². The number of nitrogens with zero attached hydrogens (tertiary/aromatic N) is 3. The molecule has 0 fully saturated rings. The molecule has 2 heterocycles. The zero-order valence-corrected chi connectivity index (χ0v) is 12.3. The van der Waals surface area contributed by atoms with E-state index < -0.39 is 0 Å². The summed E-state index contributed by atoms with van der Waals surface area (Å²) in [5.74, 6) is 0.862. The van der Waals surface area contributed by atoms with Crippen LogP contribution >= 0.6 is 11.3 Å². The van der Waals surface area contributed by atoms with Crippen LogP contribution < -0.4 is 0 Å². The fourth-order valence-electron chi connectivity index (χ4n) is 1.83. The van der Waals surface area contributed by atoms with Gasteiger partial charge in [0, 0.05) is 24.6 Å². The summed E-state index contributed by atoms with van der Waals surface area (Å²) in [6.45, 7) is 6.26. The Hall–Kier alpha value is -1.24. The van der Waals surface area contributed by atoms with E-state index in [0.717, 1.165) is 29.6 Å². The fraction of sp³-hybridized carbons (Fsp3) is 0.538. The Morgan fingerprint density at radius 1 is 1.47 bits per heavy atom. The third-order valence-electron chi connectivity index (χ3n) is 2.68. The first-order valence-corrected chi connectivity index (χ1v) is 7.21. The molecule has 5 nitrogen and oxygen atoms in total. The fourth-order valence-corrected chi connectivity index (χ4v) is 2.64. The van der Waals surface area contributed by atoms with Crippen molar-refractivity contribution in [2.24, 2.45) is 0 Å². The molecule has 0 saturated heterocycles. The third-order valence-corrected chi connectivity index (χ3v) is 3.74. The monoisotopic (exact) mass is 281 g/mol. The molecule has 0 aliphatic heterocycles. The van der Waals surface area contributed by atoms with Crippen molar-refractivity contribution in [2.45, 2.75) is 33.0 Å². The van der Waals surface area contributed by atoms with Crippen molar-refractivity contribution in [2.75, 3.05) is 13.7 Å². The second-order valence-electron chi connectivity index (χ2n) is 4.43. The molecule has 0 saturated carbocycles. The summed E-state index contributed by atoms with van der Waals surface area (Å²) in [7, 11) is 2.04. The molecule has 0 aliphatic rings. The Morgan fingerprint density at radius 2 is 2.32 bits per heavy atom. The van der Waals surface area contributed by atoms with Crippen LogP contribution in [0.15, 0.2) is 22.2 Å². The van der Waals surface area contributed by atoms with Gasteiger partial charge in [0.15, 0.2) is 5.76 Å². The highest BCUT2D eigenvalue weighted by atomic mass is 32.1. The lowest BCUT2D eigenvalue weighted by Crippen LogP contribution is -2.17. The molecule has 0 aromatic carbocycles. The minimum absolute atomic E-state index is 0.0725. The molecule has 2 rings (SSSR count). The molecule has 6 heteroatoms. The van der Waals surface area contributed by atoms with Gasteiger partial charge in [-0.15, -0.1) is 11.3 Å². The summed E-state index contributed by atoms with van der Waals surface area (Å²) in [5, 5.41) is 6.82. The zero-order valence-electron chi connectivity index (χ0n) is 11.5. The Bertz CT molecular complexity index is 484. The average molecular weight is 281 g/mol. The number of aromatic nitrogens is 2. The van der Waals surface area contributed by atoms with Crippen LogP contribution in [0.4, 0.5) is 0 Å². The molecule has 0 bridgehead atoms. The number of hydrogen-bond acceptors (Lipinski definition) is 6. The number of ether oxygens (including phenoxy) is 1. The summed E-state index contributed by atoms with van der Waals surface area (Å²) in [5.41, 5.74) is 1.06. The predicted molar refractivity (Wildman–Crippen MR) is 73.8 cm³/mol. The van der Waals surface area contributed by atoms with Crippen LogP contribution in [0, 0.1) is 0 Å². The van der Waals surface area contributed by atoms with Crippen LogP contribution in [0.5, 0.6) is 0 Å². The highest BCUT2D eigenvalue weighted by molar-refractivity contribution is 7.09. The van der Waals surface area contributed by atoms with Crippen molar-refractivity contribution < 1.29 is 9.26 Å². The zero-order chi connectivity index (χ0) is 13.7. The largest absolute Gasteiger partial charge is 0.372 e. The minimum Gasteiger partial charge on any atom is -0.372 e. The van der Waals surface area contributed by atoms with Crippen molar-refractivity contribution in [3.63, 3.8) is 0 Å². The molecule has 2 aromatic rings. The Kier molecular flexibility index (Phi) is 5.07. The maximum Gasteiger partial charge on any atom is 0.150 e. The highest BCUT2D eigenvalue weighted by Crippen LogP contribution is 2.21. The minimum atomic E-state index is 0.0725. The van der Waals surface area contributed by atoms with Gasteiger partial charge in [-0.05, 0) is 20.9 Å². The molecule has 0 spiro atoms. The SMILES string of the molecule is CCO[C@@H](C)c1nc(CN(C)Cc2ccno2)cs1. The summed E-state index contributed by atoms with van der Waals surface area (Å²) >= 11 is 1.65. The summed E-state index contributed by atoms with van der Waals surface area (Å²) < 4.78 is 10.6. The quantitative estimate of drug-likeness (QED) is 0.781. The standard InChI is InChI=1S/C13H19N3O2S/c1-4-17-10(2)13-15-11(9-19-13)7-16(3)8-12-5-6-14-18-12/h5-6,9-10H,4,7-8H2,1-3H3/t10-/m0/s1. The van der Waals surface area contributed by atoms with Crippen LogP contribution in [0.2, 0.25) is 0 Å². The first-order chi connectivity index (χ1) is 9.19. The Balaban J connectivity index is 1.88. The summed E-state index contributed by atoms with van der Waals surface area (Å²) in [6, 6.07) is 1.88. The van der Waals surface area contributed by atoms with Crippen LogP contribution in [0.1, 0.15) is 36.4 Å². The van der Waals surface area contributed by atoms with Crippen LogP contribution in [0.25, 0.3) is 0 Å². The molecule has 0 radical (unpaired) electrons. The molecule has 19 heavy (non-hydrogen) atoms. The normalized spacial score (nSPS) is 13.1. The number of hydrogen-bond donors (Lipinski definition) is 0. The van der Waals surface area contributed by atoms with E-state index >= 15 is 0 Å². The van der Waals surface area contributed by atoms with Crippen molar-refractivity contribution in [3.8, 4) is 0 Å². The van der Waals surface area contributed by atoms with E-state index in [1.54, 1.807) is 17.5 Å². The Morgan fingerprint density at radius 3 is 3.00 bits per heavy atom. The van der Waals surface area contributed by atoms with E-state index in [2.05, 4.69) is 20.4 Å². The molecule has 0 aliphatic carbocycles. The van der Waals surface area contributed by atoms with Gasteiger partial charge in [-0.3, -0.25) is 4.90 Å². The van der Waals surface area contributed by atoms with Crippen molar-refractivity contribution in [3.05, 3.63) is 34.1 Å². The smallest absolute Gasteiger partial charge is 0.150 e. The van der Waals surface area contributed by atoms with E-state index in [0.29, 0.717) is 6.61 Å². The van der Waals surface area contributed by atoms with Crippen molar-refractivity contribution >= 4 is 11.3 Å². The molecule has 0 unspecified atom stereocenters. The molecule has 0 amide bonds. The average Bonchev–Trinajstić information content (AvgIpc) is 3.00. The maximum absolute atomic E-state index is 5.54. The van der Waals surface area contributed by atoms with Crippen LogP contribution in [0.3, 0.4) is 0 Å². The lowest BCUT2D eigenvalue weighted by atomic mass is 10.3. The van der Waals surface area contributed by atoms with Gasteiger partial charge in [-0.2, -0.15) is 0 Å². The summed E-state index contributed by atoms with van der Waals surface area (Å²) in [4.78, 5) is 6.75. The van der Waals surface area contributed by atoms with Crippen molar-refractivity contribution in [1.29, 1.82) is 0 Å². The third kappa shape index (κ3) is 4.12. The lowest BCUT2D eigenvalue weighted by molar-refractivity contribution is 0.0760.